The average molecular weight is 905 g/mol. The number of rotatable bonds is 9. The lowest BCUT2D eigenvalue weighted by molar-refractivity contribution is 0.483. The number of benzene rings is 8. The number of para-hydroxylation sites is 1. The van der Waals surface area contributed by atoms with Crippen molar-refractivity contribution < 1.29 is 9.13 Å². The van der Waals surface area contributed by atoms with Crippen LogP contribution in [0, 0.1) is 12.7 Å². The Balaban J connectivity index is 1.03. The molecule has 0 bridgehead atoms. The third-order valence-electron chi connectivity index (χ3n) is 13.5. The topological polar surface area (TPSA) is 33.5 Å². The number of hydrogen-bond acceptors (Lipinski definition) is 5. The number of hydrogen-bond donors (Lipinski definition) is 0. The quantitative estimate of drug-likeness (QED) is 0.144. The summed E-state index contributed by atoms with van der Waals surface area (Å²) in [6.07, 6.45) is 1.84. The third-order valence-corrected chi connectivity index (χ3v) is 14.8. The molecule has 332 valence electrons. The molecule has 7 heteroatoms. The molecule has 0 amide bonds. The van der Waals surface area contributed by atoms with E-state index in [9.17, 15) is 4.39 Å². The van der Waals surface area contributed by atoms with Crippen molar-refractivity contribution >= 4 is 76.1 Å². The van der Waals surface area contributed by atoms with Crippen LogP contribution in [0.5, 0.6) is 11.5 Å². The standard InChI is InChI=1S/C61H49FN4OS/c1-37(2)52-32-41(40-21-23-43(62)24-22-40)33-53(38(3)4)60(52)65-36-64(55-27-20-39(5)29-57(55)65)44-30-42(47-15-12-16-51-50-14-7-9-18-58(50)68-61(47)51)31-46(34-44)67-45-25-26-49-48-13-6-8-17-54(48)66(56(49)35-45)59-19-10-11-28-63-59/h6-35,37-38H,36H2,1-5H3. The molecule has 0 spiro atoms. The first kappa shape index (κ1) is 41.7. The molecule has 12 rings (SSSR count). The average Bonchev–Trinajstić information content (AvgIpc) is 4.03. The molecule has 0 atom stereocenters. The van der Waals surface area contributed by atoms with Crippen LogP contribution in [0.3, 0.4) is 0 Å². The monoisotopic (exact) mass is 904 g/mol. The molecule has 0 aliphatic carbocycles. The lowest BCUT2D eigenvalue weighted by Crippen LogP contribution is -2.26. The van der Waals surface area contributed by atoms with Gasteiger partial charge in [-0.2, -0.15) is 0 Å². The summed E-state index contributed by atoms with van der Waals surface area (Å²) in [5.74, 6) is 2.57. The highest BCUT2D eigenvalue weighted by Crippen LogP contribution is 2.51. The van der Waals surface area contributed by atoms with E-state index in [1.54, 1.807) is 12.1 Å². The molecule has 3 aromatic heterocycles. The summed E-state index contributed by atoms with van der Waals surface area (Å²) in [6.45, 7) is 11.9. The number of fused-ring (bicyclic) bond motifs is 7. The molecule has 0 radical (unpaired) electrons. The number of aromatic nitrogens is 2. The molecule has 5 nitrogen and oxygen atoms in total. The largest absolute Gasteiger partial charge is 0.457 e. The lowest BCUT2D eigenvalue weighted by atomic mass is 9.87. The molecule has 0 saturated carbocycles. The van der Waals surface area contributed by atoms with Crippen molar-refractivity contribution in [3.63, 3.8) is 0 Å². The van der Waals surface area contributed by atoms with Gasteiger partial charge in [0.2, 0.25) is 0 Å². The number of halogens is 1. The van der Waals surface area contributed by atoms with E-state index in [-0.39, 0.29) is 17.7 Å². The molecule has 8 aromatic carbocycles. The minimum absolute atomic E-state index is 0.226. The van der Waals surface area contributed by atoms with Crippen LogP contribution >= 0.6 is 11.3 Å². The second-order valence-electron chi connectivity index (χ2n) is 18.6. The molecule has 4 heterocycles. The summed E-state index contributed by atoms with van der Waals surface area (Å²) in [7, 11) is 0. The van der Waals surface area contributed by atoms with Crippen molar-refractivity contribution in [3.05, 3.63) is 205 Å². The summed E-state index contributed by atoms with van der Waals surface area (Å²) in [4.78, 5) is 9.74. The minimum Gasteiger partial charge on any atom is -0.457 e. The molecule has 0 unspecified atom stereocenters. The summed E-state index contributed by atoms with van der Waals surface area (Å²) in [6, 6.07) is 61.4. The zero-order valence-corrected chi connectivity index (χ0v) is 39.5. The van der Waals surface area contributed by atoms with Gasteiger partial charge in [-0.1, -0.05) is 107 Å². The molecular weight excluding hydrogens is 856 g/mol. The maximum Gasteiger partial charge on any atom is 0.137 e. The third kappa shape index (κ3) is 7.08. The summed E-state index contributed by atoms with van der Waals surface area (Å²) in [5.41, 5.74) is 14.8. The van der Waals surface area contributed by atoms with E-state index >= 15 is 0 Å². The maximum absolute atomic E-state index is 14.1. The zero-order chi connectivity index (χ0) is 46.2. The van der Waals surface area contributed by atoms with Gasteiger partial charge in [-0.05, 0) is 143 Å². The van der Waals surface area contributed by atoms with Crippen LogP contribution in [0.1, 0.15) is 56.2 Å². The Morgan fingerprint density at radius 2 is 1.29 bits per heavy atom. The van der Waals surface area contributed by atoms with Crippen molar-refractivity contribution in [2.45, 2.75) is 46.5 Å². The van der Waals surface area contributed by atoms with Crippen LogP contribution in [0.25, 0.3) is 70.0 Å². The van der Waals surface area contributed by atoms with E-state index in [1.807, 2.05) is 41.8 Å². The SMILES string of the molecule is Cc1ccc2c(c1)N(c1c(C(C)C)cc(-c3ccc(F)cc3)cc1C(C)C)CN2c1cc(Oc2ccc3c4ccccc4n(-c4ccccn4)c3c2)cc(-c2cccc3c2sc2ccccc23)c1. The molecule has 0 saturated heterocycles. The van der Waals surface area contributed by atoms with Crippen LogP contribution < -0.4 is 14.5 Å². The molecule has 11 aromatic rings. The number of nitrogens with zero attached hydrogens (tertiary/aromatic N) is 4. The first-order chi connectivity index (χ1) is 33.2. The Labute approximate surface area is 399 Å². The summed E-state index contributed by atoms with van der Waals surface area (Å²) >= 11 is 1.84. The molecule has 1 aliphatic heterocycles. The predicted molar refractivity (Wildman–Crippen MR) is 284 cm³/mol. The Morgan fingerprint density at radius 1 is 0.559 bits per heavy atom. The number of thiophene rings is 1. The molecule has 0 N–H and O–H groups in total. The zero-order valence-electron chi connectivity index (χ0n) is 38.7. The van der Waals surface area contributed by atoms with Crippen molar-refractivity contribution in [1.82, 2.24) is 9.55 Å². The van der Waals surface area contributed by atoms with Gasteiger partial charge in [0.05, 0.1) is 22.4 Å². The second-order valence-corrected chi connectivity index (χ2v) is 19.7. The van der Waals surface area contributed by atoms with Gasteiger partial charge < -0.3 is 14.5 Å². The molecule has 1 aliphatic rings. The van der Waals surface area contributed by atoms with E-state index in [0.717, 1.165) is 67.5 Å². The van der Waals surface area contributed by atoms with Crippen LogP contribution in [0.4, 0.5) is 27.1 Å². The fourth-order valence-electron chi connectivity index (χ4n) is 10.3. The molecule has 0 fully saturated rings. The molecular formula is C61H49FN4OS. The number of aryl methyl sites for hydroxylation is 1. The van der Waals surface area contributed by atoms with Crippen molar-refractivity contribution in [2.75, 3.05) is 16.5 Å². The summed E-state index contributed by atoms with van der Waals surface area (Å²) in [5, 5.41) is 4.83. The van der Waals surface area contributed by atoms with Gasteiger partial charge in [0.1, 0.15) is 29.8 Å². The van der Waals surface area contributed by atoms with Gasteiger partial charge in [-0.3, -0.25) is 4.57 Å². The Bertz CT molecular complexity index is 3710. The van der Waals surface area contributed by atoms with E-state index in [4.69, 9.17) is 9.72 Å². The maximum atomic E-state index is 14.1. The van der Waals surface area contributed by atoms with E-state index in [1.165, 1.54) is 53.5 Å². The van der Waals surface area contributed by atoms with Gasteiger partial charge in [0, 0.05) is 60.6 Å². The lowest BCUT2D eigenvalue weighted by Gasteiger charge is -2.30. The first-order valence-electron chi connectivity index (χ1n) is 23.4. The number of anilines is 4. The van der Waals surface area contributed by atoms with Gasteiger partial charge in [0.25, 0.3) is 0 Å². The minimum atomic E-state index is -0.230. The highest BCUT2D eigenvalue weighted by molar-refractivity contribution is 7.26. The van der Waals surface area contributed by atoms with Crippen LogP contribution in [-0.2, 0) is 0 Å². The molecule has 68 heavy (non-hydrogen) atoms. The van der Waals surface area contributed by atoms with E-state index < -0.39 is 0 Å². The second kappa shape index (κ2) is 16.5. The fourth-order valence-corrected chi connectivity index (χ4v) is 11.5. The van der Waals surface area contributed by atoms with Crippen molar-refractivity contribution in [2.24, 2.45) is 0 Å². The fraction of sp³-hybridized carbons (Fsp3) is 0.131. The Hall–Kier alpha value is -7.74. The van der Waals surface area contributed by atoms with E-state index in [0.29, 0.717) is 6.67 Å². The van der Waals surface area contributed by atoms with Crippen LogP contribution in [-0.4, -0.2) is 16.2 Å². The summed E-state index contributed by atoms with van der Waals surface area (Å²) < 4.78 is 26.0. The van der Waals surface area contributed by atoms with Gasteiger partial charge >= 0.3 is 0 Å². The highest BCUT2D eigenvalue weighted by atomic mass is 32.1. The van der Waals surface area contributed by atoms with Crippen molar-refractivity contribution in [3.8, 4) is 39.6 Å². The van der Waals surface area contributed by atoms with E-state index in [2.05, 4.69) is 189 Å². The van der Waals surface area contributed by atoms with Gasteiger partial charge in [-0.15, -0.1) is 11.3 Å². The number of pyridine rings is 1. The van der Waals surface area contributed by atoms with Crippen LogP contribution in [0.2, 0.25) is 0 Å². The Kier molecular flexibility index (Phi) is 10.1. The number of ether oxygens (including phenoxy) is 1. The predicted octanol–water partition coefficient (Wildman–Crippen LogP) is 17.6. The van der Waals surface area contributed by atoms with Crippen LogP contribution in [0.15, 0.2) is 182 Å². The Morgan fingerprint density at radius 3 is 2.07 bits per heavy atom. The normalized spacial score (nSPS) is 12.7. The van der Waals surface area contributed by atoms with Gasteiger partial charge in [0.15, 0.2) is 0 Å². The first-order valence-corrected chi connectivity index (χ1v) is 24.3. The highest BCUT2D eigenvalue weighted by Gasteiger charge is 2.33. The van der Waals surface area contributed by atoms with Gasteiger partial charge in [-0.25, -0.2) is 9.37 Å². The van der Waals surface area contributed by atoms with Crippen molar-refractivity contribution in [1.29, 1.82) is 0 Å². The smallest absolute Gasteiger partial charge is 0.137 e.